The van der Waals surface area contributed by atoms with Gasteiger partial charge < -0.3 is 19.4 Å². The van der Waals surface area contributed by atoms with Crippen LogP contribution in [-0.4, -0.2) is 29.1 Å². The van der Waals surface area contributed by atoms with Crippen LogP contribution in [0.5, 0.6) is 5.75 Å². The summed E-state index contributed by atoms with van der Waals surface area (Å²) >= 11 is 1.58. The summed E-state index contributed by atoms with van der Waals surface area (Å²) in [4.78, 5) is 26.7. The maximum atomic E-state index is 12.6. The van der Waals surface area contributed by atoms with E-state index < -0.39 is 0 Å². The zero-order chi connectivity index (χ0) is 20.9. The number of amides is 2. The van der Waals surface area contributed by atoms with Gasteiger partial charge in [0.25, 0.3) is 5.91 Å². The summed E-state index contributed by atoms with van der Waals surface area (Å²) in [5.41, 5.74) is 2.20. The molecule has 30 heavy (non-hydrogen) atoms. The summed E-state index contributed by atoms with van der Waals surface area (Å²) in [5, 5.41) is 2.80. The van der Waals surface area contributed by atoms with Gasteiger partial charge in [-0.15, -0.1) is 11.8 Å². The Kier molecular flexibility index (Phi) is 6.09. The van der Waals surface area contributed by atoms with E-state index in [4.69, 9.17) is 9.15 Å². The first-order chi connectivity index (χ1) is 14.6. The largest absolute Gasteiger partial charge is 0.494 e. The Morgan fingerprint density at radius 3 is 2.77 bits per heavy atom. The molecule has 7 heteroatoms. The van der Waals surface area contributed by atoms with Gasteiger partial charge in [-0.1, -0.05) is 18.2 Å². The number of rotatable bonds is 7. The van der Waals surface area contributed by atoms with Crippen molar-refractivity contribution in [1.82, 2.24) is 4.90 Å². The summed E-state index contributed by atoms with van der Waals surface area (Å²) < 4.78 is 10.9. The fraction of sp³-hybridized carbons (Fsp3) is 0.217. The van der Waals surface area contributed by atoms with Crippen LogP contribution in [0, 0.1) is 0 Å². The molecule has 1 saturated heterocycles. The Balaban J connectivity index is 1.45. The molecule has 0 bridgehead atoms. The van der Waals surface area contributed by atoms with Crippen molar-refractivity contribution >= 4 is 29.3 Å². The van der Waals surface area contributed by atoms with Crippen LogP contribution >= 0.6 is 11.8 Å². The molecule has 1 N–H and O–H groups in total. The molecular weight excluding hydrogens is 400 g/mol. The predicted octanol–water partition coefficient (Wildman–Crippen LogP) is 4.70. The highest BCUT2D eigenvalue weighted by Crippen LogP contribution is 2.39. The Morgan fingerprint density at radius 1 is 1.20 bits per heavy atom. The third-order valence-corrected chi connectivity index (χ3v) is 5.99. The van der Waals surface area contributed by atoms with Gasteiger partial charge in [-0.2, -0.15) is 0 Å². The normalized spacial score (nSPS) is 16.0. The molecule has 0 spiro atoms. The van der Waals surface area contributed by atoms with Crippen LogP contribution in [0.15, 0.2) is 71.3 Å². The fourth-order valence-corrected chi connectivity index (χ4v) is 4.49. The van der Waals surface area contributed by atoms with E-state index in [0.717, 1.165) is 11.3 Å². The molecule has 0 unspecified atom stereocenters. The van der Waals surface area contributed by atoms with Gasteiger partial charge in [0.2, 0.25) is 5.91 Å². The summed E-state index contributed by atoms with van der Waals surface area (Å²) in [6.45, 7) is 2.91. The van der Waals surface area contributed by atoms with E-state index in [0.29, 0.717) is 35.9 Å². The van der Waals surface area contributed by atoms with E-state index in [2.05, 4.69) is 5.32 Å². The van der Waals surface area contributed by atoms with E-state index in [1.54, 1.807) is 41.1 Å². The van der Waals surface area contributed by atoms with Crippen LogP contribution in [0.1, 0.15) is 34.0 Å². The van der Waals surface area contributed by atoms with Crippen LogP contribution in [0.2, 0.25) is 0 Å². The van der Waals surface area contributed by atoms with Crippen molar-refractivity contribution in [2.75, 3.05) is 17.7 Å². The monoisotopic (exact) mass is 422 g/mol. The SMILES string of the molecule is CCOc1cccc(NC(=O)c2ccc([C@@H]3SCC(=O)N3Cc3ccco3)cc2)c1. The second-order valence-corrected chi connectivity index (χ2v) is 7.87. The van der Waals surface area contributed by atoms with E-state index in [1.807, 2.05) is 49.4 Å². The number of carbonyl (C=O) groups is 2. The van der Waals surface area contributed by atoms with E-state index in [1.165, 1.54) is 0 Å². The third-order valence-electron chi connectivity index (χ3n) is 4.74. The Morgan fingerprint density at radius 2 is 2.03 bits per heavy atom. The summed E-state index contributed by atoms with van der Waals surface area (Å²) in [6.07, 6.45) is 1.61. The molecule has 4 rings (SSSR count). The van der Waals surface area contributed by atoms with Crippen molar-refractivity contribution in [3.8, 4) is 5.75 Å². The minimum absolute atomic E-state index is 0.0809. The minimum atomic E-state index is -0.196. The lowest BCUT2D eigenvalue weighted by Crippen LogP contribution is -2.27. The van der Waals surface area contributed by atoms with Gasteiger partial charge in [0.15, 0.2) is 0 Å². The molecule has 154 valence electrons. The van der Waals surface area contributed by atoms with Crippen LogP contribution < -0.4 is 10.1 Å². The number of ether oxygens (including phenoxy) is 1. The molecule has 1 aromatic heterocycles. The number of nitrogens with zero attached hydrogens (tertiary/aromatic N) is 1. The van der Waals surface area contributed by atoms with Crippen molar-refractivity contribution in [3.05, 3.63) is 83.8 Å². The van der Waals surface area contributed by atoms with Crippen molar-refractivity contribution in [2.24, 2.45) is 0 Å². The highest BCUT2D eigenvalue weighted by atomic mass is 32.2. The highest BCUT2D eigenvalue weighted by molar-refractivity contribution is 8.00. The van der Waals surface area contributed by atoms with E-state index >= 15 is 0 Å². The lowest BCUT2D eigenvalue weighted by molar-refractivity contribution is -0.128. The summed E-state index contributed by atoms with van der Waals surface area (Å²) in [5.74, 6) is 1.78. The maximum absolute atomic E-state index is 12.6. The molecule has 2 aromatic carbocycles. The van der Waals surface area contributed by atoms with Crippen molar-refractivity contribution < 1.29 is 18.7 Å². The molecule has 2 amide bonds. The summed E-state index contributed by atoms with van der Waals surface area (Å²) in [6, 6.07) is 18.3. The number of hydrogen-bond acceptors (Lipinski definition) is 5. The highest BCUT2D eigenvalue weighted by Gasteiger charge is 2.33. The first-order valence-corrected chi connectivity index (χ1v) is 10.8. The van der Waals surface area contributed by atoms with Crippen LogP contribution in [0.25, 0.3) is 0 Å². The minimum Gasteiger partial charge on any atom is -0.494 e. The first-order valence-electron chi connectivity index (χ1n) is 9.71. The van der Waals surface area contributed by atoms with Crippen molar-refractivity contribution in [1.29, 1.82) is 0 Å². The van der Waals surface area contributed by atoms with Gasteiger partial charge in [0.1, 0.15) is 16.9 Å². The summed E-state index contributed by atoms with van der Waals surface area (Å²) in [7, 11) is 0. The van der Waals surface area contributed by atoms with Gasteiger partial charge in [-0.25, -0.2) is 0 Å². The molecule has 0 radical (unpaired) electrons. The van der Waals surface area contributed by atoms with Crippen LogP contribution in [0.3, 0.4) is 0 Å². The van der Waals surface area contributed by atoms with E-state index in [9.17, 15) is 9.59 Å². The smallest absolute Gasteiger partial charge is 0.255 e. The average molecular weight is 423 g/mol. The number of benzene rings is 2. The molecule has 1 fully saturated rings. The van der Waals surface area contributed by atoms with E-state index in [-0.39, 0.29) is 17.2 Å². The molecule has 3 aromatic rings. The second kappa shape index (κ2) is 9.09. The van der Waals surface area contributed by atoms with Crippen LogP contribution in [-0.2, 0) is 11.3 Å². The lowest BCUT2D eigenvalue weighted by Gasteiger charge is -2.23. The van der Waals surface area contributed by atoms with Gasteiger partial charge >= 0.3 is 0 Å². The van der Waals surface area contributed by atoms with Gasteiger partial charge in [-0.3, -0.25) is 9.59 Å². The molecule has 0 aliphatic carbocycles. The number of carbonyl (C=O) groups excluding carboxylic acids is 2. The molecular formula is C23H22N2O4S. The molecule has 1 aliphatic rings. The fourth-order valence-electron chi connectivity index (χ4n) is 3.30. The number of furan rings is 1. The number of nitrogens with one attached hydrogen (secondary N) is 1. The molecule has 0 saturated carbocycles. The molecule has 1 aliphatic heterocycles. The Hall–Kier alpha value is -3.19. The van der Waals surface area contributed by atoms with Gasteiger partial charge in [0, 0.05) is 17.3 Å². The topological polar surface area (TPSA) is 71.8 Å². The average Bonchev–Trinajstić information content (AvgIpc) is 3.39. The van der Waals surface area contributed by atoms with Crippen LogP contribution in [0.4, 0.5) is 5.69 Å². The maximum Gasteiger partial charge on any atom is 0.255 e. The predicted molar refractivity (Wildman–Crippen MR) is 116 cm³/mol. The number of hydrogen-bond donors (Lipinski definition) is 1. The van der Waals surface area contributed by atoms with Gasteiger partial charge in [0.05, 0.1) is 25.2 Å². The zero-order valence-electron chi connectivity index (χ0n) is 16.5. The molecule has 1 atom stereocenters. The first kappa shape index (κ1) is 20.1. The molecule has 2 heterocycles. The number of thioether (sulfide) groups is 1. The number of anilines is 1. The quantitative estimate of drug-likeness (QED) is 0.597. The molecule has 6 nitrogen and oxygen atoms in total. The Bertz CT molecular complexity index is 1020. The van der Waals surface area contributed by atoms with Gasteiger partial charge in [-0.05, 0) is 48.9 Å². The zero-order valence-corrected chi connectivity index (χ0v) is 17.4. The standard InChI is InChI=1S/C23H22N2O4S/c1-2-28-19-6-3-5-18(13-19)24-22(27)16-8-10-17(11-9-16)23-25(21(26)15-30-23)14-20-7-4-12-29-20/h3-13,23H,2,14-15H2,1H3,(H,24,27)/t23-/m0/s1. The second-order valence-electron chi connectivity index (χ2n) is 6.80. The van der Waals surface area contributed by atoms with Crippen molar-refractivity contribution in [3.63, 3.8) is 0 Å². The third kappa shape index (κ3) is 4.52. The lowest BCUT2D eigenvalue weighted by atomic mass is 10.1. The van der Waals surface area contributed by atoms with Crippen molar-refractivity contribution in [2.45, 2.75) is 18.8 Å². The Labute approximate surface area is 179 Å².